The van der Waals surface area contributed by atoms with E-state index in [1.165, 1.54) is 34.7 Å². The second-order valence-electron chi connectivity index (χ2n) is 5.26. The van der Waals surface area contributed by atoms with Gasteiger partial charge in [-0.3, -0.25) is 0 Å². The Balaban J connectivity index is 2.00. The molecule has 0 unspecified atom stereocenters. The summed E-state index contributed by atoms with van der Waals surface area (Å²) in [7, 11) is 0. The van der Waals surface area contributed by atoms with Gasteiger partial charge >= 0.3 is 0 Å². The summed E-state index contributed by atoms with van der Waals surface area (Å²) in [5.41, 5.74) is 5.76. The maximum Gasteiger partial charge on any atom is 0.0443 e. The molecule has 2 aromatic carbocycles. The summed E-state index contributed by atoms with van der Waals surface area (Å²) in [5, 5.41) is 0. The highest BCUT2D eigenvalue weighted by molar-refractivity contribution is 7.98. The minimum atomic E-state index is 1.11. The van der Waals surface area contributed by atoms with Crippen LogP contribution in [0.15, 0.2) is 48.5 Å². The average molecular weight is 283 g/mol. The van der Waals surface area contributed by atoms with Crippen molar-refractivity contribution in [3.05, 3.63) is 59.7 Å². The predicted molar refractivity (Wildman–Crippen MR) is 90.3 cm³/mol. The topological polar surface area (TPSA) is 3.24 Å². The van der Waals surface area contributed by atoms with Gasteiger partial charge in [0.25, 0.3) is 0 Å². The highest BCUT2D eigenvalue weighted by Gasteiger charge is 2.19. The molecule has 1 nitrogen and oxygen atoms in total. The number of benzene rings is 2. The molecule has 2 heteroatoms. The van der Waals surface area contributed by atoms with Crippen LogP contribution < -0.4 is 4.90 Å². The summed E-state index contributed by atoms with van der Waals surface area (Å²) >= 11 is 1.93. The average Bonchev–Trinajstić information content (AvgIpc) is 2.66. The van der Waals surface area contributed by atoms with E-state index in [2.05, 4.69) is 59.7 Å². The van der Waals surface area contributed by atoms with E-state index in [0.717, 1.165) is 19.4 Å². The van der Waals surface area contributed by atoms with Gasteiger partial charge in [-0.05, 0) is 54.5 Å². The van der Waals surface area contributed by atoms with Crippen LogP contribution in [0.5, 0.6) is 0 Å². The molecular weight excluding hydrogens is 262 g/mol. The fraction of sp³-hybridized carbons (Fsp3) is 0.333. The summed E-state index contributed by atoms with van der Waals surface area (Å²) in [6.45, 7) is 1.11. The lowest BCUT2D eigenvalue weighted by atomic mass is 10.0. The normalized spacial score (nSPS) is 13.6. The number of hydrogen-bond acceptors (Lipinski definition) is 2. The molecule has 0 aliphatic carbocycles. The Bertz CT molecular complexity index is 532. The van der Waals surface area contributed by atoms with Crippen molar-refractivity contribution >= 4 is 23.1 Å². The van der Waals surface area contributed by atoms with Crippen molar-refractivity contribution in [1.29, 1.82) is 0 Å². The SMILES string of the molecule is CSCCCN1c2ccccc2CCc2ccccc21. The smallest absolute Gasteiger partial charge is 0.0443 e. The van der Waals surface area contributed by atoms with Crippen molar-refractivity contribution < 1.29 is 0 Å². The van der Waals surface area contributed by atoms with Crippen molar-refractivity contribution in [2.45, 2.75) is 19.3 Å². The van der Waals surface area contributed by atoms with E-state index in [4.69, 9.17) is 0 Å². The number of rotatable bonds is 4. The van der Waals surface area contributed by atoms with Crippen LogP contribution in [0.4, 0.5) is 11.4 Å². The van der Waals surface area contributed by atoms with Crippen molar-refractivity contribution in [3.8, 4) is 0 Å². The van der Waals surface area contributed by atoms with Gasteiger partial charge in [0.05, 0.1) is 0 Å². The summed E-state index contributed by atoms with van der Waals surface area (Å²) < 4.78 is 0. The van der Waals surface area contributed by atoms with Gasteiger partial charge in [0, 0.05) is 17.9 Å². The van der Waals surface area contributed by atoms with E-state index in [1.54, 1.807) is 0 Å². The molecule has 0 bridgehead atoms. The molecule has 0 atom stereocenters. The zero-order valence-corrected chi connectivity index (χ0v) is 12.8. The van der Waals surface area contributed by atoms with Crippen molar-refractivity contribution in [3.63, 3.8) is 0 Å². The number of aryl methyl sites for hydroxylation is 2. The number of nitrogens with zero attached hydrogens (tertiary/aromatic N) is 1. The molecule has 20 heavy (non-hydrogen) atoms. The third-order valence-electron chi connectivity index (χ3n) is 3.96. The first-order chi connectivity index (χ1) is 9.90. The molecule has 104 valence electrons. The third kappa shape index (κ3) is 2.71. The second kappa shape index (κ2) is 6.36. The van der Waals surface area contributed by atoms with Crippen molar-refractivity contribution in [1.82, 2.24) is 0 Å². The molecule has 0 N–H and O–H groups in total. The number of hydrogen-bond donors (Lipinski definition) is 0. The lowest BCUT2D eigenvalue weighted by molar-refractivity contribution is 0.892. The summed E-state index contributed by atoms with van der Waals surface area (Å²) in [6, 6.07) is 17.8. The standard InChI is InChI=1S/C18H21NS/c1-20-14-6-13-19-17-9-4-2-7-15(17)11-12-16-8-3-5-10-18(16)19/h2-5,7-10H,6,11-14H2,1H3. The van der Waals surface area contributed by atoms with Gasteiger partial charge in [-0.15, -0.1) is 0 Å². The molecule has 1 aliphatic heterocycles. The molecule has 0 amide bonds. The molecule has 1 heterocycles. The lowest BCUT2D eigenvalue weighted by Gasteiger charge is -2.26. The molecular formula is C18H21NS. The lowest BCUT2D eigenvalue weighted by Crippen LogP contribution is -2.20. The van der Waals surface area contributed by atoms with Crippen molar-refractivity contribution in [2.75, 3.05) is 23.5 Å². The first-order valence-electron chi connectivity index (χ1n) is 7.32. The first-order valence-corrected chi connectivity index (χ1v) is 8.72. The Morgan fingerprint density at radius 2 is 1.45 bits per heavy atom. The van der Waals surface area contributed by atoms with Gasteiger partial charge in [-0.1, -0.05) is 36.4 Å². The van der Waals surface area contributed by atoms with E-state index >= 15 is 0 Å². The third-order valence-corrected chi connectivity index (χ3v) is 4.66. The van der Waals surface area contributed by atoms with Crippen LogP contribution in [-0.4, -0.2) is 18.6 Å². The van der Waals surface area contributed by atoms with Crippen LogP contribution in [0.3, 0.4) is 0 Å². The van der Waals surface area contributed by atoms with Gasteiger partial charge in [-0.25, -0.2) is 0 Å². The Labute approximate surface area is 126 Å². The molecule has 0 fully saturated rings. The predicted octanol–water partition coefficient (Wildman–Crippen LogP) is 4.68. The van der Waals surface area contributed by atoms with Crippen LogP contribution in [0, 0.1) is 0 Å². The summed E-state index contributed by atoms with van der Waals surface area (Å²) in [6.07, 6.45) is 5.70. The van der Waals surface area contributed by atoms with Gasteiger partial charge < -0.3 is 4.90 Å². The minimum Gasteiger partial charge on any atom is -0.341 e. The van der Waals surface area contributed by atoms with E-state index in [-0.39, 0.29) is 0 Å². The van der Waals surface area contributed by atoms with Crippen LogP contribution in [0.1, 0.15) is 17.5 Å². The van der Waals surface area contributed by atoms with Gasteiger partial charge in [-0.2, -0.15) is 11.8 Å². The summed E-state index contributed by atoms with van der Waals surface area (Å²) in [5.74, 6) is 1.22. The molecule has 2 aromatic rings. The summed E-state index contributed by atoms with van der Waals surface area (Å²) in [4.78, 5) is 2.52. The quantitative estimate of drug-likeness (QED) is 0.750. The fourth-order valence-corrected chi connectivity index (χ4v) is 3.40. The molecule has 1 aliphatic rings. The molecule has 0 radical (unpaired) electrons. The fourth-order valence-electron chi connectivity index (χ4n) is 2.98. The van der Waals surface area contributed by atoms with Crippen LogP contribution in [0.2, 0.25) is 0 Å². The highest BCUT2D eigenvalue weighted by Crippen LogP contribution is 2.35. The number of fused-ring (bicyclic) bond motifs is 2. The largest absolute Gasteiger partial charge is 0.341 e. The molecule has 0 saturated heterocycles. The van der Waals surface area contributed by atoms with E-state index in [9.17, 15) is 0 Å². The Hall–Kier alpha value is -1.41. The molecule has 3 rings (SSSR count). The van der Waals surface area contributed by atoms with E-state index in [0.29, 0.717) is 0 Å². The number of para-hydroxylation sites is 2. The maximum atomic E-state index is 2.52. The van der Waals surface area contributed by atoms with Crippen LogP contribution in [-0.2, 0) is 12.8 Å². The molecule has 0 saturated carbocycles. The zero-order valence-electron chi connectivity index (χ0n) is 12.0. The Morgan fingerprint density at radius 3 is 2.00 bits per heavy atom. The highest BCUT2D eigenvalue weighted by atomic mass is 32.2. The first kappa shape index (κ1) is 13.6. The zero-order chi connectivity index (χ0) is 13.8. The maximum absolute atomic E-state index is 2.52. The monoisotopic (exact) mass is 283 g/mol. The van der Waals surface area contributed by atoms with E-state index in [1.807, 2.05) is 11.8 Å². The van der Waals surface area contributed by atoms with Crippen LogP contribution >= 0.6 is 11.8 Å². The minimum absolute atomic E-state index is 1.11. The van der Waals surface area contributed by atoms with Crippen LogP contribution in [0.25, 0.3) is 0 Å². The van der Waals surface area contributed by atoms with Crippen molar-refractivity contribution in [2.24, 2.45) is 0 Å². The Kier molecular flexibility index (Phi) is 4.31. The second-order valence-corrected chi connectivity index (χ2v) is 6.24. The molecule has 0 spiro atoms. The number of anilines is 2. The Morgan fingerprint density at radius 1 is 0.900 bits per heavy atom. The van der Waals surface area contributed by atoms with Gasteiger partial charge in [0.15, 0.2) is 0 Å². The van der Waals surface area contributed by atoms with E-state index < -0.39 is 0 Å². The molecule has 0 aromatic heterocycles. The van der Waals surface area contributed by atoms with Gasteiger partial charge in [0.2, 0.25) is 0 Å². The van der Waals surface area contributed by atoms with Gasteiger partial charge in [0.1, 0.15) is 0 Å². The number of thioether (sulfide) groups is 1.